The molecular weight excluding hydrogens is 304 g/mol. The molecule has 1 aromatic heterocycles. The van der Waals surface area contributed by atoms with Crippen molar-refractivity contribution in [3.8, 4) is 28.4 Å². The molecule has 2 heterocycles. The summed E-state index contributed by atoms with van der Waals surface area (Å²) in [5.41, 5.74) is 4.47. The number of ether oxygens (including phenoxy) is 1. The fraction of sp³-hybridized carbons (Fsp3) is 0.158. The molecule has 0 saturated heterocycles. The molecule has 0 amide bonds. The van der Waals surface area contributed by atoms with Gasteiger partial charge in [-0.1, -0.05) is 30.3 Å². The van der Waals surface area contributed by atoms with Crippen LogP contribution in [-0.4, -0.2) is 22.8 Å². The van der Waals surface area contributed by atoms with Gasteiger partial charge in [0.05, 0.1) is 12.8 Å². The van der Waals surface area contributed by atoms with Gasteiger partial charge in [0.25, 0.3) is 0 Å². The molecule has 0 aliphatic carbocycles. The van der Waals surface area contributed by atoms with Gasteiger partial charge in [0.15, 0.2) is 5.82 Å². The van der Waals surface area contributed by atoms with Crippen LogP contribution in [0.1, 0.15) is 5.56 Å². The second-order valence-electron chi connectivity index (χ2n) is 5.39. The maximum absolute atomic E-state index is 5.36. The second-order valence-corrected chi connectivity index (χ2v) is 6.53. The van der Waals surface area contributed by atoms with Gasteiger partial charge in [0, 0.05) is 28.0 Å². The molecular formula is C19H16N2OS. The van der Waals surface area contributed by atoms with Gasteiger partial charge in [-0.25, -0.2) is 9.97 Å². The Hall–Kier alpha value is -2.33. The first-order valence-corrected chi connectivity index (χ1v) is 8.56. The molecule has 1 aliphatic heterocycles. The van der Waals surface area contributed by atoms with Crippen molar-refractivity contribution in [2.75, 3.05) is 12.9 Å². The van der Waals surface area contributed by atoms with Crippen molar-refractivity contribution < 1.29 is 4.74 Å². The van der Waals surface area contributed by atoms with E-state index < -0.39 is 0 Å². The minimum Gasteiger partial charge on any atom is -0.497 e. The van der Waals surface area contributed by atoms with Crippen LogP contribution in [0.4, 0.5) is 0 Å². The third-order valence-electron chi connectivity index (χ3n) is 3.97. The van der Waals surface area contributed by atoms with E-state index in [4.69, 9.17) is 9.72 Å². The quantitative estimate of drug-likeness (QED) is 0.698. The highest BCUT2D eigenvalue weighted by Crippen LogP contribution is 2.38. The first-order chi connectivity index (χ1) is 11.3. The van der Waals surface area contributed by atoms with Gasteiger partial charge in [-0.15, -0.1) is 11.8 Å². The van der Waals surface area contributed by atoms with Crippen molar-refractivity contribution in [1.29, 1.82) is 0 Å². The minimum absolute atomic E-state index is 0.776. The molecule has 0 spiro atoms. The Morgan fingerprint density at radius 2 is 1.96 bits per heavy atom. The zero-order valence-electron chi connectivity index (χ0n) is 12.8. The number of aryl methyl sites for hydroxylation is 1. The second kappa shape index (κ2) is 6.05. The zero-order chi connectivity index (χ0) is 15.6. The normalized spacial score (nSPS) is 12.9. The average Bonchev–Trinajstić information content (AvgIpc) is 2.80. The SMILES string of the molecule is COc1ccc2c(c1)SCCc1cnc(-c3ccccc3)nc1-2. The third kappa shape index (κ3) is 2.70. The lowest BCUT2D eigenvalue weighted by Crippen LogP contribution is -1.98. The Bertz CT molecular complexity index is 849. The lowest BCUT2D eigenvalue weighted by atomic mass is 10.0. The fourth-order valence-corrected chi connectivity index (χ4v) is 3.83. The first-order valence-electron chi connectivity index (χ1n) is 7.58. The van der Waals surface area contributed by atoms with Crippen LogP contribution in [0, 0.1) is 0 Å². The maximum atomic E-state index is 5.36. The van der Waals surface area contributed by atoms with Crippen molar-refractivity contribution in [1.82, 2.24) is 9.97 Å². The van der Waals surface area contributed by atoms with Gasteiger partial charge in [-0.3, -0.25) is 0 Å². The number of fused-ring (bicyclic) bond motifs is 3. The maximum Gasteiger partial charge on any atom is 0.159 e. The number of thioether (sulfide) groups is 1. The summed E-state index contributed by atoms with van der Waals surface area (Å²) in [6, 6.07) is 16.3. The van der Waals surface area contributed by atoms with E-state index in [1.165, 1.54) is 16.0 Å². The third-order valence-corrected chi connectivity index (χ3v) is 5.03. The Labute approximate surface area is 139 Å². The number of hydrogen-bond donors (Lipinski definition) is 0. The number of aromatic nitrogens is 2. The largest absolute Gasteiger partial charge is 0.497 e. The van der Waals surface area contributed by atoms with Crippen LogP contribution < -0.4 is 4.74 Å². The van der Waals surface area contributed by atoms with Crippen LogP contribution in [-0.2, 0) is 6.42 Å². The number of benzene rings is 2. The standard InChI is InChI=1S/C19H16N2OS/c1-22-15-7-8-16-17(11-15)23-10-9-14-12-20-19(21-18(14)16)13-5-3-2-4-6-13/h2-8,11-12H,9-10H2,1H3. The number of methoxy groups -OCH3 is 1. The van der Waals surface area contributed by atoms with E-state index in [1.807, 2.05) is 54.4 Å². The molecule has 0 atom stereocenters. The van der Waals surface area contributed by atoms with E-state index in [0.717, 1.165) is 35.0 Å². The fourth-order valence-electron chi connectivity index (χ4n) is 2.76. The highest BCUT2D eigenvalue weighted by Gasteiger charge is 2.18. The van der Waals surface area contributed by atoms with Gasteiger partial charge in [-0.05, 0) is 30.2 Å². The summed E-state index contributed by atoms with van der Waals surface area (Å²) in [5.74, 6) is 2.69. The van der Waals surface area contributed by atoms with E-state index in [2.05, 4.69) is 17.1 Å². The van der Waals surface area contributed by atoms with Crippen LogP contribution in [0.5, 0.6) is 5.75 Å². The van der Waals surface area contributed by atoms with E-state index in [9.17, 15) is 0 Å². The lowest BCUT2D eigenvalue weighted by molar-refractivity contribution is 0.414. The van der Waals surface area contributed by atoms with Crippen LogP contribution in [0.15, 0.2) is 59.6 Å². The smallest absolute Gasteiger partial charge is 0.159 e. The summed E-state index contributed by atoms with van der Waals surface area (Å²) < 4.78 is 5.36. The predicted octanol–water partition coefficient (Wildman–Crippen LogP) is 4.47. The summed E-state index contributed by atoms with van der Waals surface area (Å²) in [5, 5.41) is 0. The average molecular weight is 320 g/mol. The van der Waals surface area contributed by atoms with E-state index in [0.29, 0.717) is 0 Å². The van der Waals surface area contributed by atoms with E-state index in [1.54, 1.807) is 7.11 Å². The molecule has 0 N–H and O–H groups in total. The molecule has 3 nitrogen and oxygen atoms in total. The van der Waals surface area contributed by atoms with Crippen LogP contribution in [0.25, 0.3) is 22.6 Å². The van der Waals surface area contributed by atoms with E-state index in [-0.39, 0.29) is 0 Å². The summed E-state index contributed by atoms with van der Waals surface area (Å²) >= 11 is 1.85. The Morgan fingerprint density at radius 3 is 2.78 bits per heavy atom. The van der Waals surface area contributed by atoms with Gasteiger partial charge in [-0.2, -0.15) is 0 Å². The molecule has 0 fully saturated rings. The predicted molar refractivity (Wildman–Crippen MR) is 93.9 cm³/mol. The molecule has 2 aromatic carbocycles. The lowest BCUT2D eigenvalue weighted by Gasteiger charge is -2.10. The van der Waals surface area contributed by atoms with Crippen molar-refractivity contribution in [2.24, 2.45) is 0 Å². The molecule has 1 aliphatic rings. The molecule has 0 unspecified atom stereocenters. The van der Waals surface area contributed by atoms with E-state index >= 15 is 0 Å². The molecule has 3 aromatic rings. The van der Waals surface area contributed by atoms with Gasteiger partial charge in [0.2, 0.25) is 0 Å². The van der Waals surface area contributed by atoms with Crippen molar-refractivity contribution in [2.45, 2.75) is 11.3 Å². The minimum atomic E-state index is 0.776. The number of nitrogens with zero attached hydrogens (tertiary/aromatic N) is 2. The summed E-state index contributed by atoms with van der Waals surface area (Å²) in [7, 11) is 1.70. The van der Waals surface area contributed by atoms with Gasteiger partial charge < -0.3 is 4.74 Å². The Morgan fingerprint density at radius 1 is 1.09 bits per heavy atom. The van der Waals surface area contributed by atoms with Crippen molar-refractivity contribution in [3.63, 3.8) is 0 Å². The molecule has 0 saturated carbocycles. The molecule has 0 bridgehead atoms. The Balaban J connectivity index is 1.87. The van der Waals surface area contributed by atoms with Crippen LogP contribution in [0.2, 0.25) is 0 Å². The van der Waals surface area contributed by atoms with Crippen LogP contribution in [0.3, 0.4) is 0 Å². The summed E-state index contributed by atoms with van der Waals surface area (Å²) in [4.78, 5) is 10.7. The highest BCUT2D eigenvalue weighted by molar-refractivity contribution is 7.99. The highest BCUT2D eigenvalue weighted by atomic mass is 32.2. The Kier molecular flexibility index (Phi) is 3.75. The molecule has 4 rings (SSSR count). The first kappa shape index (κ1) is 14.3. The van der Waals surface area contributed by atoms with Gasteiger partial charge in [0.1, 0.15) is 5.75 Å². The number of rotatable bonds is 2. The molecule has 114 valence electrons. The number of hydrogen-bond acceptors (Lipinski definition) is 4. The molecule has 4 heteroatoms. The topological polar surface area (TPSA) is 35.0 Å². The van der Waals surface area contributed by atoms with Gasteiger partial charge >= 0.3 is 0 Å². The zero-order valence-corrected chi connectivity index (χ0v) is 13.6. The van der Waals surface area contributed by atoms with Crippen molar-refractivity contribution >= 4 is 11.8 Å². The summed E-state index contributed by atoms with van der Waals surface area (Å²) in [6.45, 7) is 0. The molecule has 23 heavy (non-hydrogen) atoms. The van der Waals surface area contributed by atoms with Crippen LogP contribution >= 0.6 is 11.8 Å². The molecule has 0 radical (unpaired) electrons. The van der Waals surface area contributed by atoms with Crippen molar-refractivity contribution in [3.05, 3.63) is 60.3 Å². The monoisotopic (exact) mass is 320 g/mol. The summed E-state index contributed by atoms with van der Waals surface area (Å²) in [6.07, 6.45) is 2.95.